The molecule has 0 amide bonds. The number of thiophene rings is 1. The second kappa shape index (κ2) is 5.17. The van der Waals surface area contributed by atoms with Gasteiger partial charge in [-0.15, -0.1) is 11.3 Å². The molecule has 2 aromatic rings. The topological polar surface area (TPSA) is 24.9 Å². The van der Waals surface area contributed by atoms with Gasteiger partial charge in [-0.25, -0.2) is 0 Å². The first-order valence-electron chi connectivity index (χ1n) is 4.77. The lowest BCUT2D eigenvalue weighted by Crippen LogP contribution is -2.05. The van der Waals surface area contributed by atoms with Gasteiger partial charge in [0.05, 0.1) is 22.9 Å². The maximum absolute atomic E-state index is 6.05. The second-order valence-electron chi connectivity index (χ2n) is 3.39. The molecule has 0 spiro atoms. The Kier molecular flexibility index (Phi) is 3.84. The minimum atomic E-state index is 0.220. The van der Waals surface area contributed by atoms with Crippen LogP contribution in [0.15, 0.2) is 34.4 Å². The summed E-state index contributed by atoms with van der Waals surface area (Å²) < 4.78 is 1.11. The molecule has 0 bridgehead atoms. The molecule has 84 valence electrons. The molecule has 2 heterocycles. The minimum Gasteiger partial charge on any atom is -0.375 e. The monoisotopic (exact) mass is 316 g/mol. The molecular weight excluding hydrogens is 308 g/mol. The molecule has 16 heavy (non-hydrogen) atoms. The van der Waals surface area contributed by atoms with Crippen molar-refractivity contribution in [1.29, 1.82) is 0 Å². The quantitative estimate of drug-likeness (QED) is 0.885. The van der Waals surface area contributed by atoms with Crippen molar-refractivity contribution in [2.24, 2.45) is 0 Å². The van der Waals surface area contributed by atoms with Crippen LogP contribution in [0.5, 0.6) is 0 Å². The van der Waals surface area contributed by atoms with E-state index >= 15 is 0 Å². The molecule has 0 radical (unpaired) electrons. The summed E-state index contributed by atoms with van der Waals surface area (Å²) in [5.74, 6) is 0. The molecule has 0 fully saturated rings. The smallest absolute Gasteiger partial charge is 0.0721 e. The maximum Gasteiger partial charge on any atom is 0.0721 e. The van der Waals surface area contributed by atoms with Gasteiger partial charge in [-0.2, -0.15) is 0 Å². The lowest BCUT2D eigenvalue weighted by molar-refractivity contribution is 0.905. The second-order valence-corrected chi connectivity index (χ2v) is 5.65. The molecule has 1 N–H and O–H groups in total. The van der Waals surface area contributed by atoms with Crippen molar-refractivity contribution >= 4 is 44.6 Å². The van der Waals surface area contributed by atoms with Gasteiger partial charge in [-0.05, 0) is 35.0 Å². The van der Waals surface area contributed by atoms with Crippen LogP contribution >= 0.6 is 38.9 Å². The van der Waals surface area contributed by atoms with Crippen LogP contribution in [-0.2, 0) is 0 Å². The van der Waals surface area contributed by atoms with Crippen LogP contribution in [-0.4, -0.2) is 4.98 Å². The van der Waals surface area contributed by atoms with E-state index in [4.69, 9.17) is 11.6 Å². The molecule has 0 aliphatic rings. The van der Waals surface area contributed by atoms with Crippen molar-refractivity contribution in [3.8, 4) is 0 Å². The standard InChI is InChI=1S/C11H10BrClN2S/c1-7(11-4-8(12)6-16-11)15-10-5-14-3-2-9(10)13/h2-7,15H,1H3. The molecular formula is C11H10BrClN2S. The van der Waals surface area contributed by atoms with Crippen LogP contribution in [0.2, 0.25) is 5.02 Å². The summed E-state index contributed by atoms with van der Waals surface area (Å²) in [7, 11) is 0. The summed E-state index contributed by atoms with van der Waals surface area (Å²) in [6.45, 7) is 2.10. The summed E-state index contributed by atoms with van der Waals surface area (Å²) in [4.78, 5) is 5.30. The Hall–Kier alpha value is -0.580. The van der Waals surface area contributed by atoms with Gasteiger partial charge in [0.25, 0.3) is 0 Å². The van der Waals surface area contributed by atoms with Gasteiger partial charge in [0.15, 0.2) is 0 Å². The normalized spacial score (nSPS) is 12.4. The van der Waals surface area contributed by atoms with Crippen LogP contribution in [0.1, 0.15) is 17.8 Å². The van der Waals surface area contributed by atoms with Crippen LogP contribution in [0.4, 0.5) is 5.69 Å². The van der Waals surface area contributed by atoms with Crippen molar-refractivity contribution in [3.63, 3.8) is 0 Å². The predicted octanol–water partition coefficient (Wildman–Crippen LogP) is 4.73. The van der Waals surface area contributed by atoms with Gasteiger partial charge < -0.3 is 5.32 Å². The molecule has 0 aliphatic heterocycles. The Morgan fingerprint density at radius 1 is 1.56 bits per heavy atom. The number of anilines is 1. The van der Waals surface area contributed by atoms with Crippen LogP contribution in [0, 0.1) is 0 Å². The predicted molar refractivity (Wildman–Crippen MR) is 73.3 cm³/mol. The third-order valence-electron chi connectivity index (χ3n) is 2.15. The van der Waals surface area contributed by atoms with Gasteiger partial charge >= 0.3 is 0 Å². The van der Waals surface area contributed by atoms with Crippen molar-refractivity contribution in [2.45, 2.75) is 13.0 Å². The third kappa shape index (κ3) is 2.75. The zero-order chi connectivity index (χ0) is 11.5. The van der Waals surface area contributed by atoms with E-state index in [0.717, 1.165) is 10.2 Å². The third-order valence-corrected chi connectivity index (χ3v) is 4.36. The van der Waals surface area contributed by atoms with Gasteiger partial charge in [0.2, 0.25) is 0 Å². The highest BCUT2D eigenvalue weighted by Gasteiger charge is 2.09. The Balaban J connectivity index is 2.13. The summed E-state index contributed by atoms with van der Waals surface area (Å²) in [6.07, 6.45) is 3.42. The number of hydrogen-bond donors (Lipinski definition) is 1. The van der Waals surface area contributed by atoms with E-state index in [1.54, 1.807) is 29.8 Å². The number of nitrogens with one attached hydrogen (secondary N) is 1. The van der Waals surface area contributed by atoms with E-state index in [-0.39, 0.29) is 6.04 Å². The fraction of sp³-hybridized carbons (Fsp3) is 0.182. The lowest BCUT2D eigenvalue weighted by atomic mass is 10.2. The van der Waals surface area contributed by atoms with Crippen molar-refractivity contribution in [1.82, 2.24) is 4.98 Å². The lowest BCUT2D eigenvalue weighted by Gasteiger charge is -2.14. The number of hydrogen-bond acceptors (Lipinski definition) is 3. The molecule has 2 nitrogen and oxygen atoms in total. The highest BCUT2D eigenvalue weighted by molar-refractivity contribution is 9.10. The first-order valence-corrected chi connectivity index (χ1v) is 6.82. The Morgan fingerprint density at radius 2 is 2.38 bits per heavy atom. The Morgan fingerprint density at radius 3 is 3.00 bits per heavy atom. The fourth-order valence-electron chi connectivity index (χ4n) is 1.34. The molecule has 0 saturated heterocycles. The zero-order valence-corrected chi connectivity index (χ0v) is 11.7. The number of rotatable bonds is 3. The van der Waals surface area contributed by atoms with Gasteiger partial charge in [-0.3, -0.25) is 4.98 Å². The zero-order valence-electron chi connectivity index (χ0n) is 8.58. The largest absolute Gasteiger partial charge is 0.375 e. The summed E-state index contributed by atoms with van der Waals surface area (Å²) in [5, 5.41) is 6.09. The van der Waals surface area contributed by atoms with Gasteiger partial charge in [-0.1, -0.05) is 11.6 Å². The Labute approximate surface area is 112 Å². The van der Waals surface area contributed by atoms with E-state index in [9.17, 15) is 0 Å². The number of halogens is 2. The molecule has 2 rings (SSSR count). The van der Waals surface area contributed by atoms with E-state index in [2.05, 4.69) is 44.6 Å². The fourth-order valence-corrected chi connectivity index (χ4v) is 2.96. The van der Waals surface area contributed by atoms with Crippen molar-refractivity contribution < 1.29 is 0 Å². The highest BCUT2D eigenvalue weighted by Crippen LogP contribution is 2.29. The highest BCUT2D eigenvalue weighted by atomic mass is 79.9. The number of pyridine rings is 1. The first-order chi connectivity index (χ1) is 7.66. The van der Waals surface area contributed by atoms with E-state index in [0.29, 0.717) is 5.02 Å². The Bertz CT molecular complexity index is 486. The maximum atomic E-state index is 6.05. The van der Waals surface area contributed by atoms with E-state index in [1.165, 1.54) is 4.88 Å². The minimum absolute atomic E-state index is 0.220. The van der Waals surface area contributed by atoms with E-state index < -0.39 is 0 Å². The average Bonchev–Trinajstić information content (AvgIpc) is 2.68. The first kappa shape index (κ1) is 11.9. The van der Waals surface area contributed by atoms with Crippen molar-refractivity contribution in [3.05, 3.63) is 44.3 Å². The molecule has 1 atom stereocenters. The van der Waals surface area contributed by atoms with Crippen molar-refractivity contribution in [2.75, 3.05) is 5.32 Å². The van der Waals surface area contributed by atoms with Gasteiger partial charge in [0, 0.05) is 20.9 Å². The number of aromatic nitrogens is 1. The van der Waals surface area contributed by atoms with Crippen LogP contribution in [0.3, 0.4) is 0 Å². The summed E-state index contributed by atoms with van der Waals surface area (Å²) in [5.41, 5.74) is 0.862. The van der Waals surface area contributed by atoms with Crippen LogP contribution < -0.4 is 5.32 Å². The molecule has 0 saturated carbocycles. The summed E-state index contributed by atoms with van der Waals surface area (Å²) >= 11 is 11.2. The van der Waals surface area contributed by atoms with Gasteiger partial charge in [0.1, 0.15) is 0 Å². The SMILES string of the molecule is CC(Nc1cnccc1Cl)c1cc(Br)cs1. The van der Waals surface area contributed by atoms with E-state index in [1.807, 2.05) is 0 Å². The average molecular weight is 318 g/mol. The molecule has 0 aromatic carbocycles. The molecule has 2 aromatic heterocycles. The van der Waals surface area contributed by atoms with Crippen LogP contribution in [0.25, 0.3) is 0 Å². The molecule has 5 heteroatoms. The molecule has 1 unspecified atom stereocenters. The number of nitrogens with zero attached hydrogens (tertiary/aromatic N) is 1. The summed E-state index contributed by atoms with van der Waals surface area (Å²) in [6, 6.07) is 4.10. The molecule has 0 aliphatic carbocycles.